The van der Waals surface area contributed by atoms with Crippen LogP contribution < -0.4 is 5.32 Å². The van der Waals surface area contributed by atoms with E-state index in [1.165, 1.54) is 32.2 Å². The normalized spacial score (nSPS) is 33.9. The van der Waals surface area contributed by atoms with Gasteiger partial charge in [0.25, 0.3) is 0 Å². The maximum absolute atomic E-state index is 3.91. The van der Waals surface area contributed by atoms with Crippen LogP contribution in [0.2, 0.25) is 0 Å². The Bertz CT molecular complexity index is 299. The Morgan fingerprint density at radius 2 is 1.79 bits per heavy atom. The molecule has 2 fully saturated rings. The molecule has 2 aliphatic rings. The smallest absolute Gasteiger partial charge is 0.0309 e. The number of nitrogens with one attached hydrogen (secondary N) is 1. The van der Waals surface area contributed by atoms with Crippen LogP contribution in [-0.2, 0) is 0 Å². The maximum atomic E-state index is 3.91. The van der Waals surface area contributed by atoms with E-state index in [-0.39, 0.29) is 0 Å². The average molecular weight is 266 g/mol. The van der Waals surface area contributed by atoms with Crippen molar-refractivity contribution in [3.05, 3.63) is 0 Å². The molecule has 1 aliphatic carbocycles. The second-order valence-corrected chi connectivity index (χ2v) is 8.10. The molecule has 2 nitrogen and oxygen atoms in total. The van der Waals surface area contributed by atoms with Gasteiger partial charge in [0, 0.05) is 30.7 Å². The Hall–Kier alpha value is -0.0800. The highest BCUT2D eigenvalue weighted by Crippen LogP contribution is 2.43. The van der Waals surface area contributed by atoms with Crippen molar-refractivity contribution in [2.75, 3.05) is 13.1 Å². The molecule has 2 atom stereocenters. The van der Waals surface area contributed by atoms with Crippen molar-refractivity contribution in [2.24, 2.45) is 11.3 Å². The second-order valence-electron chi connectivity index (χ2n) is 8.10. The summed E-state index contributed by atoms with van der Waals surface area (Å²) in [7, 11) is 0. The van der Waals surface area contributed by atoms with Crippen molar-refractivity contribution in [2.45, 2.75) is 84.8 Å². The molecular weight excluding hydrogens is 232 g/mol. The number of rotatable bonds is 4. The summed E-state index contributed by atoms with van der Waals surface area (Å²) in [6.07, 6.45) is 5.43. The molecule has 0 radical (unpaired) electrons. The predicted octanol–water partition coefficient (Wildman–Crippen LogP) is 3.66. The zero-order valence-corrected chi connectivity index (χ0v) is 13.9. The number of hydrogen-bond donors (Lipinski definition) is 1. The zero-order valence-electron chi connectivity index (χ0n) is 13.9. The van der Waals surface area contributed by atoms with E-state index in [4.69, 9.17) is 0 Å². The monoisotopic (exact) mass is 266 g/mol. The van der Waals surface area contributed by atoms with Crippen LogP contribution >= 0.6 is 0 Å². The molecule has 112 valence electrons. The number of nitrogens with zero attached hydrogens (tertiary/aromatic N) is 1. The van der Waals surface area contributed by atoms with Gasteiger partial charge in [0.2, 0.25) is 0 Å². The van der Waals surface area contributed by atoms with E-state index >= 15 is 0 Å². The molecule has 0 aromatic carbocycles. The van der Waals surface area contributed by atoms with Crippen LogP contribution in [0.3, 0.4) is 0 Å². The van der Waals surface area contributed by atoms with Crippen LogP contribution in [0.25, 0.3) is 0 Å². The van der Waals surface area contributed by atoms with Crippen LogP contribution in [0.5, 0.6) is 0 Å². The summed E-state index contributed by atoms with van der Waals surface area (Å²) in [6, 6.07) is 1.42. The van der Waals surface area contributed by atoms with Gasteiger partial charge in [-0.15, -0.1) is 0 Å². The summed E-state index contributed by atoms with van der Waals surface area (Å²) < 4.78 is 0. The first kappa shape index (κ1) is 15.3. The molecule has 0 amide bonds. The molecule has 0 bridgehead atoms. The average Bonchev–Trinajstić information content (AvgIpc) is 3.13. The quantitative estimate of drug-likeness (QED) is 0.835. The molecule has 1 saturated carbocycles. The molecule has 1 N–H and O–H groups in total. The summed E-state index contributed by atoms with van der Waals surface area (Å²) >= 11 is 0. The minimum atomic E-state index is 0.362. The predicted molar refractivity (Wildman–Crippen MR) is 83.5 cm³/mol. The van der Waals surface area contributed by atoms with Crippen LogP contribution in [0.15, 0.2) is 0 Å². The van der Waals surface area contributed by atoms with Crippen molar-refractivity contribution < 1.29 is 0 Å². The van der Waals surface area contributed by atoms with E-state index in [0.29, 0.717) is 17.0 Å². The van der Waals surface area contributed by atoms with E-state index < -0.39 is 0 Å². The van der Waals surface area contributed by atoms with Gasteiger partial charge in [-0.3, -0.25) is 4.90 Å². The van der Waals surface area contributed by atoms with E-state index in [1.807, 2.05) is 0 Å². The third-order valence-corrected chi connectivity index (χ3v) is 5.50. The largest absolute Gasteiger partial charge is 0.308 e. The SMILES string of the molecule is CCC(CC)N1CC(C)(C2CC2)NCC1C(C)(C)C. The fourth-order valence-electron chi connectivity index (χ4n) is 3.93. The lowest BCUT2D eigenvalue weighted by Gasteiger charge is -2.53. The third-order valence-electron chi connectivity index (χ3n) is 5.50. The molecular formula is C17H34N2. The summed E-state index contributed by atoms with van der Waals surface area (Å²) in [6.45, 7) is 16.8. The van der Waals surface area contributed by atoms with Crippen molar-refractivity contribution in [3.63, 3.8) is 0 Å². The highest BCUT2D eigenvalue weighted by molar-refractivity contribution is 5.06. The van der Waals surface area contributed by atoms with Crippen molar-refractivity contribution in [3.8, 4) is 0 Å². The standard InChI is InChI=1S/C17H34N2/c1-7-14(8-2)19-12-17(6,13-9-10-13)18-11-15(19)16(3,4)5/h13-15,18H,7-12H2,1-6H3. The summed E-state index contributed by atoms with van der Waals surface area (Å²) in [5.41, 5.74) is 0.727. The van der Waals surface area contributed by atoms with Crippen LogP contribution in [0.4, 0.5) is 0 Å². The fraction of sp³-hybridized carbons (Fsp3) is 1.00. The van der Waals surface area contributed by atoms with Crippen LogP contribution in [0.1, 0.15) is 67.2 Å². The van der Waals surface area contributed by atoms with Crippen molar-refractivity contribution >= 4 is 0 Å². The minimum absolute atomic E-state index is 0.362. The lowest BCUT2D eigenvalue weighted by atomic mass is 9.79. The molecule has 1 heterocycles. The third kappa shape index (κ3) is 3.16. The first-order valence-electron chi connectivity index (χ1n) is 8.32. The van der Waals surface area contributed by atoms with Gasteiger partial charge in [-0.2, -0.15) is 0 Å². The van der Waals surface area contributed by atoms with Crippen LogP contribution in [-0.4, -0.2) is 35.6 Å². The molecule has 2 rings (SSSR count). The Labute approximate surface area is 120 Å². The molecule has 0 aromatic rings. The van der Waals surface area contributed by atoms with Crippen molar-refractivity contribution in [1.29, 1.82) is 0 Å². The molecule has 0 aromatic heterocycles. The summed E-state index contributed by atoms with van der Waals surface area (Å²) in [5, 5.41) is 3.91. The molecule has 2 heteroatoms. The molecule has 2 unspecified atom stereocenters. The Morgan fingerprint density at radius 1 is 1.21 bits per heavy atom. The first-order valence-corrected chi connectivity index (χ1v) is 8.32. The van der Waals surface area contributed by atoms with Gasteiger partial charge in [-0.1, -0.05) is 34.6 Å². The van der Waals surface area contributed by atoms with Gasteiger partial charge in [-0.25, -0.2) is 0 Å². The Morgan fingerprint density at radius 3 is 2.21 bits per heavy atom. The van der Waals surface area contributed by atoms with Gasteiger partial charge in [-0.05, 0) is 43.9 Å². The fourth-order valence-corrected chi connectivity index (χ4v) is 3.93. The zero-order chi connectivity index (χ0) is 14.3. The number of piperazine rings is 1. The van der Waals surface area contributed by atoms with Gasteiger partial charge >= 0.3 is 0 Å². The highest BCUT2D eigenvalue weighted by Gasteiger charge is 2.48. The lowest BCUT2D eigenvalue weighted by molar-refractivity contribution is -0.0121. The second kappa shape index (κ2) is 5.37. The first-order chi connectivity index (χ1) is 8.81. The Balaban J connectivity index is 2.18. The van der Waals surface area contributed by atoms with Gasteiger partial charge in [0.1, 0.15) is 0 Å². The van der Waals surface area contributed by atoms with Gasteiger partial charge < -0.3 is 5.32 Å². The van der Waals surface area contributed by atoms with Crippen molar-refractivity contribution in [1.82, 2.24) is 10.2 Å². The van der Waals surface area contributed by atoms with Gasteiger partial charge in [0.05, 0.1) is 0 Å². The van der Waals surface area contributed by atoms with Gasteiger partial charge in [0.15, 0.2) is 0 Å². The topological polar surface area (TPSA) is 15.3 Å². The Kier molecular flexibility index (Phi) is 4.32. The summed E-state index contributed by atoms with van der Waals surface area (Å²) in [5.74, 6) is 0.922. The molecule has 19 heavy (non-hydrogen) atoms. The summed E-state index contributed by atoms with van der Waals surface area (Å²) in [4.78, 5) is 2.84. The lowest BCUT2D eigenvalue weighted by Crippen LogP contribution is -2.68. The van der Waals surface area contributed by atoms with E-state index in [2.05, 4.69) is 51.8 Å². The van der Waals surface area contributed by atoms with E-state index in [1.54, 1.807) is 0 Å². The molecule has 1 saturated heterocycles. The van der Waals surface area contributed by atoms with Crippen LogP contribution in [0, 0.1) is 11.3 Å². The maximum Gasteiger partial charge on any atom is 0.0309 e. The molecule has 0 spiro atoms. The number of hydrogen-bond acceptors (Lipinski definition) is 2. The van der Waals surface area contributed by atoms with E-state index in [9.17, 15) is 0 Å². The van der Waals surface area contributed by atoms with E-state index in [0.717, 1.165) is 18.5 Å². The highest BCUT2D eigenvalue weighted by atomic mass is 15.3. The molecule has 1 aliphatic heterocycles. The minimum Gasteiger partial charge on any atom is -0.308 e.